The molecule has 0 aliphatic rings. The molecule has 0 atom stereocenters. The maximum absolute atomic E-state index is 12.8. The minimum absolute atomic E-state index is 0.225. The Bertz CT molecular complexity index is 934. The molecule has 0 bridgehead atoms. The number of halogens is 2. The van der Waals surface area contributed by atoms with Crippen molar-refractivity contribution in [1.82, 2.24) is 8.96 Å². The Hall–Kier alpha value is -1.12. The Kier molecular flexibility index (Phi) is 3.71. The summed E-state index contributed by atoms with van der Waals surface area (Å²) in [6.07, 6.45) is 1.56. The van der Waals surface area contributed by atoms with Crippen LogP contribution in [0.2, 0.25) is 5.15 Å². The van der Waals surface area contributed by atoms with Crippen LogP contribution in [0.5, 0.6) is 0 Å². The molecule has 4 nitrogen and oxygen atoms in total. The van der Waals surface area contributed by atoms with Gasteiger partial charge in [0.25, 0.3) is 10.0 Å². The molecular weight excluding hydrogens is 423 g/mol. The lowest BCUT2D eigenvalue weighted by molar-refractivity contribution is 0.588. The van der Waals surface area contributed by atoms with Gasteiger partial charge in [-0.2, -0.15) is 0 Å². The molecule has 0 radical (unpaired) electrons. The number of aryl methyl sites for hydroxylation is 1. The van der Waals surface area contributed by atoms with Gasteiger partial charge in [0, 0.05) is 15.2 Å². The Morgan fingerprint density at radius 1 is 1.14 bits per heavy atom. The first-order chi connectivity index (χ1) is 9.89. The van der Waals surface area contributed by atoms with E-state index in [9.17, 15) is 8.42 Å². The average Bonchev–Trinajstić information content (AvgIpc) is 2.76. The zero-order chi connectivity index (χ0) is 15.2. The number of benzene rings is 1. The lowest BCUT2D eigenvalue weighted by Gasteiger charge is -2.07. The Balaban J connectivity index is 2.28. The quantitative estimate of drug-likeness (QED) is 0.457. The fourth-order valence-corrected chi connectivity index (χ4v) is 4.37. The first-order valence-electron chi connectivity index (χ1n) is 6.05. The van der Waals surface area contributed by atoms with E-state index in [0.717, 1.165) is 14.5 Å². The second-order valence-electron chi connectivity index (χ2n) is 4.60. The highest BCUT2D eigenvalue weighted by Crippen LogP contribution is 2.27. The fourth-order valence-electron chi connectivity index (χ4n) is 2.02. The second-order valence-corrected chi connectivity index (χ2v) is 7.96. The highest BCUT2D eigenvalue weighted by molar-refractivity contribution is 14.1. The lowest BCUT2D eigenvalue weighted by atomic mass is 10.2. The first kappa shape index (κ1) is 14.8. The molecule has 0 spiro atoms. The number of hydrogen-bond acceptors (Lipinski definition) is 3. The molecule has 3 rings (SSSR count). The lowest BCUT2D eigenvalue weighted by Crippen LogP contribution is -2.12. The molecule has 0 aliphatic heterocycles. The number of aromatic nitrogens is 2. The largest absolute Gasteiger partial charge is 0.269 e. The zero-order valence-corrected chi connectivity index (χ0v) is 14.6. The molecule has 2 heterocycles. The topological polar surface area (TPSA) is 52.0 Å². The number of rotatable bonds is 2. The van der Waals surface area contributed by atoms with Crippen molar-refractivity contribution in [2.45, 2.75) is 11.8 Å². The van der Waals surface area contributed by atoms with Gasteiger partial charge in [-0.05, 0) is 53.8 Å². The van der Waals surface area contributed by atoms with Crippen molar-refractivity contribution < 1.29 is 8.42 Å². The van der Waals surface area contributed by atoms with Crippen LogP contribution in [0.3, 0.4) is 0 Å². The highest BCUT2D eigenvalue weighted by Gasteiger charge is 2.21. The summed E-state index contributed by atoms with van der Waals surface area (Å²) in [5.74, 6) is 0. The van der Waals surface area contributed by atoms with Gasteiger partial charge in [-0.3, -0.25) is 0 Å². The van der Waals surface area contributed by atoms with Crippen molar-refractivity contribution in [2.75, 3.05) is 0 Å². The predicted octanol–water partition coefficient (Wildman–Crippen LogP) is 3.84. The van der Waals surface area contributed by atoms with Gasteiger partial charge in [0.2, 0.25) is 0 Å². The molecule has 2 aromatic heterocycles. The Labute approximate surface area is 140 Å². The number of nitrogens with zero attached hydrogens (tertiary/aromatic N) is 2. The normalized spacial score (nSPS) is 12.0. The summed E-state index contributed by atoms with van der Waals surface area (Å²) in [7, 11) is -3.69. The minimum atomic E-state index is -3.69. The fraction of sp³-hybridized carbons (Fsp3) is 0.0714. The average molecular weight is 433 g/mol. The van der Waals surface area contributed by atoms with E-state index in [4.69, 9.17) is 11.6 Å². The molecule has 1 aromatic carbocycles. The molecule has 3 aromatic rings. The van der Waals surface area contributed by atoms with Crippen LogP contribution in [-0.4, -0.2) is 17.4 Å². The van der Waals surface area contributed by atoms with Gasteiger partial charge in [0.05, 0.1) is 4.90 Å². The summed E-state index contributed by atoms with van der Waals surface area (Å²) in [6, 6.07) is 10.1. The van der Waals surface area contributed by atoms with Crippen molar-refractivity contribution in [2.24, 2.45) is 0 Å². The van der Waals surface area contributed by atoms with E-state index in [1.807, 2.05) is 6.92 Å². The highest BCUT2D eigenvalue weighted by atomic mass is 127. The molecule has 7 heteroatoms. The van der Waals surface area contributed by atoms with Crippen LogP contribution in [-0.2, 0) is 10.0 Å². The first-order valence-corrected chi connectivity index (χ1v) is 8.94. The van der Waals surface area contributed by atoms with Crippen LogP contribution in [0.4, 0.5) is 0 Å². The molecule has 21 heavy (non-hydrogen) atoms. The molecule has 0 fully saturated rings. The van der Waals surface area contributed by atoms with Gasteiger partial charge in [0.1, 0.15) is 5.15 Å². The molecule has 0 amide bonds. The molecule has 0 aliphatic carbocycles. The monoisotopic (exact) mass is 432 g/mol. The summed E-state index contributed by atoms with van der Waals surface area (Å²) < 4.78 is 27.5. The molecule has 108 valence electrons. The summed E-state index contributed by atoms with van der Waals surface area (Å²) in [6.45, 7) is 1.91. The van der Waals surface area contributed by atoms with E-state index in [0.29, 0.717) is 5.65 Å². The van der Waals surface area contributed by atoms with E-state index < -0.39 is 10.0 Å². The zero-order valence-electron chi connectivity index (χ0n) is 10.9. The van der Waals surface area contributed by atoms with E-state index >= 15 is 0 Å². The van der Waals surface area contributed by atoms with E-state index in [-0.39, 0.29) is 10.0 Å². The van der Waals surface area contributed by atoms with Crippen molar-refractivity contribution in [1.29, 1.82) is 0 Å². The van der Waals surface area contributed by atoms with Crippen LogP contribution >= 0.6 is 34.2 Å². The van der Waals surface area contributed by atoms with Crippen LogP contribution in [0.15, 0.2) is 47.5 Å². The maximum Gasteiger partial charge on any atom is 0.269 e. The SMILES string of the molecule is Cc1ccc(S(=O)(=O)n2cc(I)c3ccc(Cl)nc32)cc1. The number of fused-ring (bicyclic) bond motifs is 1. The maximum atomic E-state index is 12.8. The van der Waals surface area contributed by atoms with Crippen molar-refractivity contribution >= 4 is 55.2 Å². The van der Waals surface area contributed by atoms with Crippen molar-refractivity contribution in [3.63, 3.8) is 0 Å². The third-order valence-corrected chi connectivity index (χ3v) is 5.85. The molecule has 0 unspecified atom stereocenters. The van der Waals surface area contributed by atoms with Crippen LogP contribution in [0, 0.1) is 10.5 Å². The van der Waals surface area contributed by atoms with Gasteiger partial charge >= 0.3 is 0 Å². The Morgan fingerprint density at radius 2 is 1.81 bits per heavy atom. The van der Waals surface area contributed by atoms with Gasteiger partial charge in [0.15, 0.2) is 5.65 Å². The van der Waals surface area contributed by atoms with Gasteiger partial charge < -0.3 is 0 Å². The number of pyridine rings is 1. The summed E-state index contributed by atoms with van der Waals surface area (Å²) >= 11 is 7.98. The Morgan fingerprint density at radius 3 is 2.48 bits per heavy atom. The third kappa shape index (κ3) is 2.56. The molecule has 0 saturated heterocycles. The predicted molar refractivity (Wildman–Crippen MR) is 91.2 cm³/mol. The van der Waals surface area contributed by atoms with Gasteiger partial charge in [-0.15, -0.1) is 0 Å². The molecular formula is C14H10ClIN2O2S. The standard InChI is InChI=1S/C14H10ClIN2O2S/c1-9-2-4-10(5-3-9)21(19,20)18-8-12(16)11-6-7-13(15)17-14(11)18/h2-8H,1H3. The van der Waals surface area contributed by atoms with Gasteiger partial charge in [-0.1, -0.05) is 29.3 Å². The van der Waals surface area contributed by atoms with E-state index in [2.05, 4.69) is 27.6 Å². The summed E-state index contributed by atoms with van der Waals surface area (Å²) in [5.41, 5.74) is 1.34. The third-order valence-electron chi connectivity index (χ3n) is 3.12. The van der Waals surface area contributed by atoms with Gasteiger partial charge in [-0.25, -0.2) is 17.4 Å². The van der Waals surface area contributed by atoms with Crippen LogP contribution < -0.4 is 0 Å². The summed E-state index contributed by atoms with van der Waals surface area (Å²) in [5, 5.41) is 1.02. The van der Waals surface area contributed by atoms with Crippen LogP contribution in [0.1, 0.15) is 5.56 Å². The van der Waals surface area contributed by atoms with Crippen LogP contribution in [0.25, 0.3) is 11.0 Å². The van der Waals surface area contributed by atoms with Crippen molar-refractivity contribution in [3.8, 4) is 0 Å². The molecule has 0 N–H and O–H groups in total. The smallest absolute Gasteiger partial charge is 0.223 e. The number of hydrogen-bond donors (Lipinski definition) is 0. The van der Waals surface area contributed by atoms with E-state index in [1.54, 1.807) is 42.6 Å². The van der Waals surface area contributed by atoms with Crippen molar-refractivity contribution in [3.05, 3.63) is 56.9 Å². The second kappa shape index (κ2) is 5.26. The minimum Gasteiger partial charge on any atom is -0.223 e. The molecule has 0 saturated carbocycles. The summed E-state index contributed by atoms with van der Waals surface area (Å²) in [4.78, 5) is 4.38. The van der Waals surface area contributed by atoms with E-state index in [1.165, 1.54) is 3.97 Å².